The number of rotatable bonds is 9. The lowest BCUT2D eigenvalue weighted by Gasteiger charge is -2.60. The van der Waals surface area contributed by atoms with E-state index in [2.05, 4.69) is 17.4 Å². The first-order chi connectivity index (χ1) is 18.6. The highest BCUT2D eigenvalue weighted by Crippen LogP contribution is 2.67. The van der Waals surface area contributed by atoms with Gasteiger partial charge < -0.3 is 35.7 Å². The number of aliphatic hydroxyl groups excluding tert-OH is 3. The van der Waals surface area contributed by atoms with Crippen LogP contribution in [0.3, 0.4) is 0 Å². The van der Waals surface area contributed by atoms with E-state index in [-0.39, 0.29) is 36.3 Å². The quantitative estimate of drug-likeness (QED) is 0.224. The molecule has 0 aromatic heterocycles. The second kappa shape index (κ2) is 10.8. The standard InChI is InChI=1S/C29H44N2O9/c1-26(2,24(36)25(37)38)15-30-22(35)14-40-31-17-7-9-27(3)16(11-17)5-6-18-19-8-10-29(39,21(34)13-32)28(19,4)12-20(33)23(18)27/h11,18-20,23-24,32-33,36,39H,5-10,12-15H2,1-4H3,(H,30,35)(H,37,38)/b31-17-/t18-,19+,20+,23-,24-,27+,28+,29+/m1/s1. The molecular formula is C29H44N2O9. The summed E-state index contributed by atoms with van der Waals surface area (Å²) < 4.78 is 0. The fourth-order valence-electron chi connectivity index (χ4n) is 8.35. The van der Waals surface area contributed by atoms with Gasteiger partial charge in [-0.3, -0.25) is 9.59 Å². The molecule has 4 rings (SSSR count). The van der Waals surface area contributed by atoms with E-state index in [4.69, 9.17) is 9.94 Å². The van der Waals surface area contributed by atoms with Crippen molar-refractivity contribution in [1.29, 1.82) is 0 Å². The molecule has 0 aromatic rings. The van der Waals surface area contributed by atoms with Crippen LogP contribution >= 0.6 is 0 Å². The van der Waals surface area contributed by atoms with E-state index in [0.29, 0.717) is 31.4 Å². The summed E-state index contributed by atoms with van der Waals surface area (Å²) >= 11 is 0. The molecule has 11 nitrogen and oxygen atoms in total. The zero-order chi connectivity index (χ0) is 29.7. The Balaban J connectivity index is 1.41. The van der Waals surface area contributed by atoms with Gasteiger partial charge in [-0.25, -0.2) is 4.79 Å². The monoisotopic (exact) mass is 564 g/mol. The van der Waals surface area contributed by atoms with Crippen LogP contribution in [0.25, 0.3) is 0 Å². The van der Waals surface area contributed by atoms with Gasteiger partial charge in [0.05, 0.1) is 11.8 Å². The molecule has 0 unspecified atom stereocenters. The van der Waals surface area contributed by atoms with Gasteiger partial charge in [0.25, 0.3) is 5.91 Å². The molecule has 224 valence electrons. The number of nitrogens with one attached hydrogen (secondary N) is 1. The third-order valence-corrected chi connectivity index (χ3v) is 10.8. The van der Waals surface area contributed by atoms with E-state index >= 15 is 0 Å². The SMILES string of the molecule is CC(C)(CNC(=O)CO/N=C1\C=C2CC[C@H]3[C@H]([C@@H](O)C[C@@]4(C)[C@H]3CC[C@]4(O)C(=O)CO)[C@@]2(C)CC1)[C@H](O)C(=O)O. The van der Waals surface area contributed by atoms with E-state index in [1.807, 2.05) is 13.0 Å². The van der Waals surface area contributed by atoms with Crippen LogP contribution in [0.2, 0.25) is 0 Å². The zero-order valence-corrected chi connectivity index (χ0v) is 23.9. The van der Waals surface area contributed by atoms with Crippen molar-refractivity contribution < 1.29 is 44.8 Å². The van der Waals surface area contributed by atoms with Crippen LogP contribution in [0, 0.1) is 34.0 Å². The van der Waals surface area contributed by atoms with Crippen molar-refractivity contribution in [2.24, 2.45) is 39.2 Å². The van der Waals surface area contributed by atoms with E-state index in [1.54, 1.807) is 13.8 Å². The minimum Gasteiger partial charge on any atom is -0.479 e. The second-order valence-electron chi connectivity index (χ2n) is 13.5. The molecule has 11 heteroatoms. The molecule has 0 bridgehead atoms. The molecule has 4 aliphatic rings. The van der Waals surface area contributed by atoms with Crippen molar-refractivity contribution in [3.8, 4) is 0 Å². The first kappa shape index (κ1) is 30.6. The lowest BCUT2D eigenvalue weighted by molar-refractivity contribution is -0.181. The fraction of sp³-hybridized carbons (Fsp3) is 0.793. The number of Topliss-reactive ketones (excluding diaryl/α,β-unsaturated/α-hetero) is 1. The van der Waals surface area contributed by atoms with Gasteiger partial charge in [0.1, 0.15) is 12.2 Å². The number of carbonyl (C=O) groups excluding carboxylic acids is 2. The Morgan fingerprint density at radius 2 is 1.90 bits per heavy atom. The molecule has 0 spiro atoms. The summed E-state index contributed by atoms with van der Waals surface area (Å²) in [5.74, 6) is -2.18. The highest BCUT2D eigenvalue weighted by Gasteiger charge is 2.68. The van der Waals surface area contributed by atoms with E-state index in [0.717, 1.165) is 19.3 Å². The Kier molecular flexibility index (Phi) is 8.28. The van der Waals surface area contributed by atoms with Gasteiger partial charge in [-0.15, -0.1) is 0 Å². The second-order valence-corrected chi connectivity index (χ2v) is 13.5. The van der Waals surface area contributed by atoms with Gasteiger partial charge >= 0.3 is 5.97 Å². The molecule has 4 aliphatic carbocycles. The number of allylic oxidation sites excluding steroid dienone is 2. The molecule has 0 saturated heterocycles. The van der Waals surface area contributed by atoms with Gasteiger partial charge in [-0.2, -0.15) is 0 Å². The van der Waals surface area contributed by atoms with Gasteiger partial charge in [0.15, 0.2) is 18.5 Å². The van der Waals surface area contributed by atoms with Crippen molar-refractivity contribution in [2.75, 3.05) is 19.8 Å². The van der Waals surface area contributed by atoms with E-state index in [1.165, 1.54) is 5.57 Å². The number of nitrogens with zero attached hydrogens (tertiary/aromatic N) is 1. The summed E-state index contributed by atoms with van der Waals surface area (Å²) in [5.41, 5.74) is -1.83. The molecule has 0 heterocycles. The third kappa shape index (κ3) is 4.99. The number of hydrogen-bond acceptors (Lipinski definition) is 9. The van der Waals surface area contributed by atoms with Crippen molar-refractivity contribution in [3.05, 3.63) is 11.6 Å². The van der Waals surface area contributed by atoms with Crippen LogP contribution in [0.15, 0.2) is 16.8 Å². The summed E-state index contributed by atoms with van der Waals surface area (Å²) in [4.78, 5) is 41.1. The molecule has 40 heavy (non-hydrogen) atoms. The Morgan fingerprint density at radius 3 is 2.55 bits per heavy atom. The molecule has 6 N–H and O–H groups in total. The number of ketones is 1. The summed E-state index contributed by atoms with van der Waals surface area (Å²) in [5, 5.41) is 57.9. The highest BCUT2D eigenvalue weighted by molar-refractivity contribution is 5.96. The first-order valence-electron chi connectivity index (χ1n) is 14.2. The number of oxime groups is 1. The number of carbonyl (C=O) groups is 3. The molecule has 0 aromatic carbocycles. The van der Waals surface area contributed by atoms with Gasteiger partial charge in [0, 0.05) is 17.4 Å². The van der Waals surface area contributed by atoms with Crippen molar-refractivity contribution in [1.82, 2.24) is 5.32 Å². The lowest BCUT2D eigenvalue weighted by atomic mass is 9.45. The van der Waals surface area contributed by atoms with Crippen molar-refractivity contribution >= 4 is 23.4 Å². The third-order valence-electron chi connectivity index (χ3n) is 10.8. The van der Waals surface area contributed by atoms with E-state index < -0.39 is 52.9 Å². The smallest absolute Gasteiger partial charge is 0.333 e. The minimum absolute atomic E-state index is 0.0186. The number of fused-ring (bicyclic) bond motifs is 5. The predicted molar refractivity (Wildman–Crippen MR) is 144 cm³/mol. The maximum absolute atomic E-state index is 12.6. The highest BCUT2D eigenvalue weighted by atomic mass is 16.6. The van der Waals surface area contributed by atoms with Gasteiger partial charge in [0.2, 0.25) is 0 Å². The maximum Gasteiger partial charge on any atom is 0.333 e. The number of carboxylic acids is 1. The number of amides is 1. The largest absolute Gasteiger partial charge is 0.479 e. The number of aliphatic hydroxyl groups is 4. The normalized spacial score (nSPS) is 38.9. The Bertz CT molecular complexity index is 1100. The minimum atomic E-state index is -1.62. The summed E-state index contributed by atoms with van der Waals surface area (Å²) in [6.07, 6.45) is 3.96. The average molecular weight is 565 g/mol. The van der Waals surface area contributed by atoms with Crippen molar-refractivity contribution in [2.45, 2.75) is 90.4 Å². The Morgan fingerprint density at radius 1 is 1.20 bits per heavy atom. The summed E-state index contributed by atoms with van der Waals surface area (Å²) in [6.45, 7) is 6.07. The lowest BCUT2D eigenvalue weighted by Crippen LogP contribution is -2.62. The van der Waals surface area contributed by atoms with Gasteiger partial charge in [-0.05, 0) is 74.2 Å². The van der Waals surface area contributed by atoms with Crippen molar-refractivity contribution in [3.63, 3.8) is 0 Å². The predicted octanol–water partition coefficient (Wildman–Crippen LogP) is 1.17. The Labute approximate surface area is 234 Å². The molecule has 3 fully saturated rings. The van der Waals surface area contributed by atoms with E-state index in [9.17, 15) is 34.8 Å². The Hall–Kier alpha value is -2.34. The molecular weight excluding hydrogens is 520 g/mol. The topological polar surface area (TPSA) is 186 Å². The first-order valence-corrected chi connectivity index (χ1v) is 14.2. The zero-order valence-electron chi connectivity index (χ0n) is 23.9. The number of carboxylic acid groups (broad SMARTS) is 1. The number of hydrogen-bond donors (Lipinski definition) is 6. The van der Waals surface area contributed by atoms with Crippen LogP contribution < -0.4 is 5.32 Å². The van der Waals surface area contributed by atoms with Gasteiger partial charge in [-0.1, -0.05) is 38.4 Å². The summed E-state index contributed by atoms with van der Waals surface area (Å²) in [7, 11) is 0. The summed E-state index contributed by atoms with van der Waals surface area (Å²) in [6, 6.07) is 0. The molecule has 8 atom stereocenters. The fourth-order valence-corrected chi connectivity index (χ4v) is 8.35. The molecule has 0 aliphatic heterocycles. The van der Waals surface area contributed by atoms with Crippen LogP contribution in [0.5, 0.6) is 0 Å². The van der Waals surface area contributed by atoms with Crippen LogP contribution in [-0.2, 0) is 19.2 Å². The molecule has 3 saturated carbocycles. The van der Waals surface area contributed by atoms with Crippen LogP contribution in [-0.4, -0.2) is 86.5 Å². The number of aliphatic carboxylic acids is 1. The average Bonchev–Trinajstić information content (AvgIpc) is 3.17. The van der Waals surface area contributed by atoms with Crippen LogP contribution in [0.4, 0.5) is 0 Å². The maximum atomic E-state index is 12.6. The molecule has 1 amide bonds. The van der Waals surface area contributed by atoms with Crippen LogP contribution in [0.1, 0.15) is 72.6 Å². The molecule has 0 radical (unpaired) electrons.